The van der Waals surface area contributed by atoms with Crippen LogP contribution in [0.15, 0.2) is 79.0 Å². The predicted octanol–water partition coefficient (Wildman–Crippen LogP) is 4.81. The summed E-state index contributed by atoms with van der Waals surface area (Å²) in [5.41, 5.74) is 6.63. The van der Waals surface area contributed by atoms with Crippen LogP contribution in [0.2, 0.25) is 0 Å². The Bertz CT molecular complexity index is 1830. The number of carboxylic acids is 1. The summed E-state index contributed by atoms with van der Waals surface area (Å²) in [6.45, 7) is 1.20. The number of nitrogens with two attached hydrogens (primary N) is 1. The van der Waals surface area contributed by atoms with Crippen molar-refractivity contribution >= 4 is 56.5 Å². The van der Waals surface area contributed by atoms with E-state index in [9.17, 15) is 23.9 Å². The minimum absolute atomic E-state index is 0.0103. The lowest BCUT2D eigenvalue weighted by Gasteiger charge is -2.23. The average Bonchev–Trinajstić information content (AvgIpc) is 3.33. The summed E-state index contributed by atoms with van der Waals surface area (Å²) in [4.78, 5) is 45.2. The van der Waals surface area contributed by atoms with E-state index in [0.717, 1.165) is 5.39 Å². The van der Waals surface area contributed by atoms with Gasteiger partial charge >= 0.3 is 5.97 Å². The van der Waals surface area contributed by atoms with E-state index in [1.54, 1.807) is 47.0 Å². The van der Waals surface area contributed by atoms with Gasteiger partial charge in [0, 0.05) is 27.5 Å². The molecule has 2 aromatic heterocycles. The normalized spacial score (nSPS) is 16.8. The monoisotopic (exact) mass is 508 g/mol. The van der Waals surface area contributed by atoms with Gasteiger partial charge in [-0.25, -0.2) is 4.39 Å². The molecule has 3 heterocycles. The van der Waals surface area contributed by atoms with E-state index >= 15 is 0 Å². The average molecular weight is 509 g/mol. The molecule has 1 amide bonds. The lowest BCUT2D eigenvalue weighted by atomic mass is 9.77. The van der Waals surface area contributed by atoms with Crippen LogP contribution in [0.25, 0.3) is 21.8 Å². The first kappa shape index (κ1) is 23.4. The number of para-hydroxylation sites is 2. The largest absolute Gasteiger partial charge is 0.480 e. The summed E-state index contributed by atoms with van der Waals surface area (Å²) >= 11 is 0. The molecule has 0 radical (unpaired) electrons. The van der Waals surface area contributed by atoms with E-state index in [0.29, 0.717) is 22.1 Å². The molecule has 1 aliphatic heterocycles. The molecule has 0 unspecified atom stereocenters. The summed E-state index contributed by atoms with van der Waals surface area (Å²) in [6.07, 6.45) is 1.44. The minimum Gasteiger partial charge on any atom is -0.480 e. The Morgan fingerprint density at radius 2 is 1.68 bits per heavy atom. The number of carbonyl (C=O) groups is 3. The second-order valence-electron chi connectivity index (χ2n) is 9.37. The van der Waals surface area contributed by atoms with Crippen molar-refractivity contribution in [1.29, 1.82) is 0 Å². The van der Waals surface area contributed by atoms with E-state index in [4.69, 9.17) is 5.73 Å². The van der Waals surface area contributed by atoms with Gasteiger partial charge in [0.15, 0.2) is 0 Å². The Hall–Kier alpha value is -5.05. The number of nitrogen functional groups attached to an aromatic ring is 1. The van der Waals surface area contributed by atoms with Crippen LogP contribution in [0.3, 0.4) is 0 Å². The van der Waals surface area contributed by atoms with Gasteiger partial charge in [0.05, 0.1) is 23.1 Å². The summed E-state index contributed by atoms with van der Waals surface area (Å²) in [5.74, 6) is -2.87. The Balaban J connectivity index is 1.54. The highest BCUT2D eigenvalue weighted by Crippen LogP contribution is 2.50. The topological polar surface area (TPSA) is 119 Å². The maximum Gasteiger partial charge on any atom is 0.323 e. The van der Waals surface area contributed by atoms with Gasteiger partial charge in [0.1, 0.15) is 23.5 Å². The first-order valence-corrected chi connectivity index (χ1v) is 11.8. The smallest absolute Gasteiger partial charge is 0.323 e. The molecule has 8 nitrogen and oxygen atoms in total. The van der Waals surface area contributed by atoms with E-state index in [-0.39, 0.29) is 29.2 Å². The number of Topliss-reactive ketones (excluding diaryl/α,β-unsaturated/α-hetero) is 1. The Labute approximate surface area is 215 Å². The number of aromatic nitrogens is 2. The van der Waals surface area contributed by atoms with Gasteiger partial charge in [-0.2, -0.15) is 0 Å². The molecule has 0 fully saturated rings. The van der Waals surface area contributed by atoms with Crippen LogP contribution in [0.5, 0.6) is 0 Å². The molecule has 1 atom stereocenters. The third-order valence-corrected chi connectivity index (χ3v) is 7.18. The maximum atomic E-state index is 14.8. The maximum absolute atomic E-state index is 14.8. The molecule has 0 spiro atoms. The number of hydrogen-bond acceptors (Lipinski definition) is 5. The quantitative estimate of drug-likeness (QED) is 0.200. The van der Waals surface area contributed by atoms with Crippen molar-refractivity contribution in [3.05, 3.63) is 96.1 Å². The van der Waals surface area contributed by atoms with Gasteiger partial charge in [-0.15, -0.1) is 0 Å². The standard InChI is InChI=1S/C29H21FN4O4/c1-29(26-19(31)9-6-12-23(26)34(28(29)38)22-11-5-3-8-18(22)30)27(37)20-13-17-16-7-2-4-10-21(16)33(15-25(35)36)24(17)14-32-20/h2-14H,15,31H2,1H3,(H,35,36)/t29-/m0/s1. The lowest BCUT2D eigenvalue weighted by molar-refractivity contribution is -0.137. The van der Waals surface area contributed by atoms with Crippen LogP contribution < -0.4 is 10.6 Å². The Morgan fingerprint density at radius 3 is 2.45 bits per heavy atom. The van der Waals surface area contributed by atoms with Crippen molar-refractivity contribution in [1.82, 2.24) is 9.55 Å². The van der Waals surface area contributed by atoms with Gasteiger partial charge in [-0.3, -0.25) is 24.3 Å². The molecule has 3 aromatic carbocycles. The molecule has 3 N–H and O–H groups in total. The van der Waals surface area contributed by atoms with E-state index < -0.39 is 28.9 Å². The molecule has 6 rings (SSSR count). The van der Waals surface area contributed by atoms with E-state index in [1.807, 2.05) is 12.1 Å². The van der Waals surface area contributed by atoms with Crippen LogP contribution in [-0.2, 0) is 21.5 Å². The first-order valence-electron chi connectivity index (χ1n) is 11.8. The summed E-state index contributed by atoms with van der Waals surface area (Å²) in [6, 6.07) is 19.5. The number of amides is 1. The number of carboxylic acid groups (broad SMARTS) is 1. The number of aliphatic carboxylic acids is 1. The predicted molar refractivity (Wildman–Crippen MR) is 141 cm³/mol. The van der Waals surface area contributed by atoms with Gasteiger partial charge in [0.25, 0.3) is 0 Å². The van der Waals surface area contributed by atoms with Crippen molar-refractivity contribution in [3.8, 4) is 0 Å². The summed E-state index contributed by atoms with van der Waals surface area (Å²) in [7, 11) is 0. The number of anilines is 3. The zero-order valence-electron chi connectivity index (χ0n) is 20.2. The van der Waals surface area contributed by atoms with E-state index in [1.165, 1.54) is 36.2 Å². The number of rotatable bonds is 5. The molecule has 9 heteroatoms. The number of carbonyl (C=O) groups excluding carboxylic acids is 2. The van der Waals surface area contributed by atoms with Crippen molar-refractivity contribution < 1.29 is 23.9 Å². The molecule has 1 aliphatic rings. The van der Waals surface area contributed by atoms with Gasteiger partial charge in [-0.05, 0) is 43.3 Å². The molecular weight excluding hydrogens is 487 g/mol. The summed E-state index contributed by atoms with van der Waals surface area (Å²) < 4.78 is 16.4. The highest BCUT2D eigenvalue weighted by molar-refractivity contribution is 6.29. The van der Waals surface area contributed by atoms with Crippen molar-refractivity contribution in [2.75, 3.05) is 10.6 Å². The van der Waals surface area contributed by atoms with Crippen molar-refractivity contribution in [3.63, 3.8) is 0 Å². The molecule has 0 aliphatic carbocycles. The van der Waals surface area contributed by atoms with E-state index in [2.05, 4.69) is 4.98 Å². The van der Waals surface area contributed by atoms with Crippen LogP contribution in [0.4, 0.5) is 21.5 Å². The number of ketones is 1. The van der Waals surface area contributed by atoms with Crippen LogP contribution in [0, 0.1) is 5.82 Å². The molecule has 0 saturated carbocycles. The molecule has 188 valence electrons. The van der Waals surface area contributed by atoms with Crippen molar-refractivity contribution in [2.45, 2.75) is 18.9 Å². The van der Waals surface area contributed by atoms with Crippen LogP contribution in [0.1, 0.15) is 23.0 Å². The van der Waals surface area contributed by atoms with Crippen molar-refractivity contribution in [2.24, 2.45) is 0 Å². The van der Waals surface area contributed by atoms with Gasteiger partial charge < -0.3 is 15.4 Å². The van der Waals surface area contributed by atoms with Crippen LogP contribution >= 0.6 is 0 Å². The van der Waals surface area contributed by atoms with Gasteiger partial charge in [-0.1, -0.05) is 36.4 Å². The molecule has 5 aromatic rings. The van der Waals surface area contributed by atoms with Crippen LogP contribution in [-0.4, -0.2) is 32.3 Å². The number of hydrogen-bond donors (Lipinski definition) is 2. The highest BCUT2D eigenvalue weighted by Gasteiger charge is 2.55. The third kappa shape index (κ3) is 3.15. The number of fused-ring (bicyclic) bond motifs is 4. The minimum atomic E-state index is -1.77. The number of halogens is 1. The van der Waals surface area contributed by atoms with Gasteiger partial charge in [0.2, 0.25) is 11.7 Å². The molecule has 0 bridgehead atoms. The number of pyridine rings is 1. The fourth-order valence-corrected chi connectivity index (χ4v) is 5.44. The summed E-state index contributed by atoms with van der Waals surface area (Å²) in [5, 5.41) is 10.8. The number of nitrogens with zero attached hydrogens (tertiary/aromatic N) is 3. The fraction of sp³-hybridized carbons (Fsp3) is 0.103. The zero-order valence-corrected chi connectivity index (χ0v) is 20.2. The Kier molecular flexibility index (Phi) is 5.06. The Morgan fingerprint density at radius 1 is 0.974 bits per heavy atom. The molecule has 0 saturated heterocycles. The SMILES string of the molecule is C[C@]1(C(=O)c2cc3c4ccccc4n(CC(=O)O)c3cn2)C(=O)N(c2ccccc2F)c2cccc(N)c21. The lowest BCUT2D eigenvalue weighted by Crippen LogP contribution is -2.43. The highest BCUT2D eigenvalue weighted by atomic mass is 19.1. The second kappa shape index (κ2) is 8.24. The fourth-order valence-electron chi connectivity index (χ4n) is 5.44. The second-order valence-corrected chi connectivity index (χ2v) is 9.37. The zero-order chi connectivity index (χ0) is 26.8. The number of benzene rings is 3. The first-order chi connectivity index (χ1) is 18.2. The molecule has 38 heavy (non-hydrogen) atoms. The third-order valence-electron chi connectivity index (χ3n) is 7.18. The molecular formula is C29H21FN4O4.